The minimum absolute atomic E-state index is 0.0142. The number of phenols is 1. The monoisotopic (exact) mass is 490 g/mol. The standard InChI is InChI=1S/C28H27FN2O5/c1-15-11-17(3-6-22(15)29)23-20-5-4-19(32)12-21(20)25(31-24(23)16-7-9-36-10-8-16)26(33)30-18-13-28(2,14-18)27(34)35/h3-6,11-13,16,32H,7-10,14H2,1-2H3,(H,30,33)(H,34,35). The van der Waals surface area contributed by atoms with E-state index >= 15 is 0 Å². The molecule has 5 rings (SSSR count). The number of nitrogens with zero attached hydrogens (tertiary/aromatic N) is 1. The molecule has 0 saturated carbocycles. The molecule has 8 heteroatoms. The Kier molecular flexibility index (Phi) is 6.00. The Morgan fingerprint density at radius 1 is 1.14 bits per heavy atom. The first-order valence-electron chi connectivity index (χ1n) is 11.9. The predicted molar refractivity (Wildman–Crippen MR) is 132 cm³/mol. The van der Waals surface area contributed by atoms with Gasteiger partial charge >= 0.3 is 5.97 Å². The lowest BCUT2D eigenvalue weighted by atomic mass is 9.75. The summed E-state index contributed by atoms with van der Waals surface area (Å²) in [6.45, 7) is 4.45. The van der Waals surface area contributed by atoms with Crippen LogP contribution in [0.25, 0.3) is 21.9 Å². The number of aromatic nitrogens is 1. The molecule has 1 atom stereocenters. The molecule has 7 nitrogen and oxygen atoms in total. The van der Waals surface area contributed by atoms with E-state index in [1.165, 1.54) is 18.2 Å². The van der Waals surface area contributed by atoms with Crippen LogP contribution in [0.4, 0.5) is 4.39 Å². The third kappa shape index (κ3) is 4.22. The molecule has 186 valence electrons. The summed E-state index contributed by atoms with van der Waals surface area (Å²) in [5.74, 6) is -1.71. The topological polar surface area (TPSA) is 109 Å². The first kappa shape index (κ1) is 23.9. The number of fused-ring (bicyclic) bond motifs is 1. The molecular formula is C28H27FN2O5. The molecule has 1 aromatic heterocycles. The molecule has 0 radical (unpaired) electrons. The second kappa shape index (κ2) is 9.02. The van der Waals surface area contributed by atoms with E-state index in [-0.39, 0.29) is 29.6 Å². The van der Waals surface area contributed by atoms with Crippen LogP contribution in [0.3, 0.4) is 0 Å². The van der Waals surface area contributed by atoms with E-state index in [0.717, 1.165) is 35.0 Å². The molecule has 1 amide bonds. The van der Waals surface area contributed by atoms with E-state index in [0.29, 0.717) is 29.9 Å². The van der Waals surface area contributed by atoms with E-state index < -0.39 is 17.3 Å². The Labute approximate surface area is 207 Å². The highest BCUT2D eigenvalue weighted by atomic mass is 19.1. The summed E-state index contributed by atoms with van der Waals surface area (Å²) in [4.78, 5) is 29.7. The van der Waals surface area contributed by atoms with Gasteiger partial charge in [0.1, 0.15) is 17.3 Å². The van der Waals surface area contributed by atoms with E-state index in [2.05, 4.69) is 5.32 Å². The lowest BCUT2D eigenvalue weighted by molar-refractivity contribution is -0.146. The maximum absolute atomic E-state index is 14.1. The number of benzene rings is 2. The zero-order valence-electron chi connectivity index (χ0n) is 20.1. The van der Waals surface area contributed by atoms with Crippen molar-refractivity contribution in [1.82, 2.24) is 10.3 Å². The van der Waals surface area contributed by atoms with Crippen LogP contribution in [0.1, 0.15) is 53.8 Å². The van der Waals surface area contributed by atoms with Crippen LogP contribution >= 0.6 is 0 Å². The van der Waals surface area contributed by atoms with Crippen molar-refractivity contribution in [3.63, 3.8) is 0 Å². The van der Waals surface area contributed by atoms with Crippen molar-refractivity contribution in [1.29, 1.82) is 0 Å². The lowest BCUT2D eigenvalue weighted by Gasteiger charge is -2.32. The largest absolute Gasteiger partial charge is 0.508 e. The number of carbonyl (C=O) groups excluding carboxylic acids is 1. The summed E-state index contributed by atoms with van der Waals surface area (Å²) in [7, 11) is 0. The minimum Gasteiger partial charge on any atom is -0.508 e. The zero-order chi connectivity index (χ0) is 25.6. The van der Waals surface area contributed by atoms with Crippen LogP contribution in [0.2, 0.25) is 0 Å². The van der Waals surface area contributed by atoms with Gasteiger partial charge in [-0.05, 0) is 79.6 Å². The molecule has 0 spiro atoms. The number of hydrogen-bond acceptors (Lipinski definition) is 5. The van der Waals surface area contributed by atoms with Gasteiger partial charge in [0.25, 0.3) is 5.91 Å². The van der Waals surface area contributed by atoms with Crippen molar-refractivity contribution in [2.24, 2.45) is 5.41 Å². The zero-order valence-corrected chi connectivity index (χ0v) is 20.1. The Balaban J connectivity index is 1.68. The highest BCUT2D eigenvalue weighted by Crippen LogP contribution is 2.41. The number of allylic oxidation sites excluding steroid dienone is 1. The number of aliphatic carboxylic acids is 1. The van der Waals surface area contributed by atoms with Crippen molar-refractivity contribution in [2.75, 3.05) is 13.2 Å². The van der Waals surface area contributed by atoms with Crippen molar-refractivity contribution >= 4 is 22.6 Å². The number of aromatic hydroxyl groups is 1. The summed E-state index contributed by atoms with van der Waals surface area (Å²) >= 11 is 0. The molecular weight excluding hydrogens is 463 g/mol. The molecule has 1 unspecified atom stereocenters. The van der Waals surface area contributed by atoms with Gasteiger partial charge in [-0.15, -0.1) is 0 Å². The number of carboxylic acid groups (broad SMARTS) is 1. The fourth-order valence-corrected chi connectivity index (χ4v) is 5.04. The SMILES string of the molecule is Cc1cc(-c2c(C3CCOCC3)nc(C(=O)NC3=CC(C)(C(=O)O)C3)c3cc(O)ccc23)ccc1F. The number of halogens is 1. The molecule has 36 heavy (non-hydrogen) atoms. The number of ether oxygens (including phenoxy) is 1. The van der Waals surface area contributed by atoms with Crippen LogP contribution < -0.4 is 5.32 Å². The Hall–Kier alpha value is -3.78. The van der Waals surface area contributed by atoms with E-state index in [1.54, 1.807) is 38.1 Å². The first-order chi connectivity index (χ1) is 17.2. The van der Waals surface area contributed by atoms with Gasteiger partial charge in [-0.25, -0.2) is 9.37 Å². The minimum atomic E-state index is -1.01. The van der Waals surface area contributed by atoms with Crippen molar-refractivity contribution in [2.45, 2.75) is 39.0 Å². The second-order valence-electron chi connectivity index (χ2n) is 9.82. The molecule has 1 fully saturated rings. The summed E-state index contributed by atoms with van der Waals surface area (Å²) < 4.78 is 19.7. The third-order valence-electron chi connectivity index (χ3n) is 7.10. The average molecular weight is 491 g/mol. The maximum atomic E-state index is 14.1. The molecule has 2 aromatic carbocycles. The number of carboxylic acids is 1. The summed E-state index contributed by atoms with van der Waals surface area (Å²) in [5.41, 5.74) is 2.47. The van der Waals surface area contributed by atoms with E-state index in [4.69, 9.17) is 9.72 Å². The number of carbonyl (C=O) groups is 2. The average Bonchev–Trinajstić information content (AvgIpc) is 2.84. The smallest absolute Gasteiger partial charge is 0.313 e. The maximum Gasteiger partial charge on any atom is 0.313 e. The van der Waals surface area contributed by atoms with Gasteiger partial charge < -0.3 is 20.3 Å². The van der Waals surface area contributed by atoms with Crippen LogP contribution in [-0.2, 0) is 9.53 Å². The second-order valence-corrected chi connectivity index (χ2v) is 9.82. The van der Waals surface area contributed by atoms with Crippen LogP contribution in [0.15, 0.2) is 48.2 Å². The number of rotatable bonds is 5. The highest BCUT2D eigenvalue weighted by molar-refractivity contribution is 6.11. The molecule has 0 bridgehead atoms. The van der Waals surface area contributed by atoms with E-state index in [9.17, 15) is 24.2 Å². The lowest BCUT2D eigenvalue weighted by Crippen LogP contribution is -2.39. The number of nitrogens with one attached hydrogen (secondary N) is 1. The van der Waals surface area contributed by atoms with Crippen LogP contribution in [0.5, 0.6) is 5.75 Å². The number of amides is 1. The number of hydrogen-bond donors (Lipinski definition) is 3. The molecule has 1 aliphatic heterocycles. The molecule has 2 aliphatic rings. The van der Waals surface area contributed by atoms with Crippen LogP contribution in [-0.4, -0.2) is 40.3 Å². The van der Waals surface area contributed by atoms with Gasteiger partial charge in [0.15, 0.2) is 0 Å². The van der Waals surface area contributed by atoms with Gasteiger partial charge in [-0.1, -0.05) is 6.07 Å². The fourth-order valence-electron chi connectivity index (χ4n) is 5.04. The number of aryl methyl sites for hydroxylation is 1. The third-order valence-corrected chi connectivity index (χ3v) is 7.10. The molecule has 1 aliphatic carbocycles. The van der Waals surface area contributed by atoms with E-state index in [1.807, 2.05) is 0 Å². The Bertz CT molecular complexity index is 1430. The fraction of sp³-hybridized carbons (Fsp3) is 0.321. The van der Waals surface area contributed by atoms with Crippen LogP contribution in [0, 0.1) is 18.2 Å². The van der Waals surface area contributed by atoms with Gasteiger partial charge in [0, 0.05) is 42.2 Å². The molecule has 3 aromatic rings. The Morgan fingerprint density at radius 2 is 1.86 bits per heavy atom. The molecule has 3 N–H and O–H groups in total. The van der Waals surface area contributed by atoms with Crippen molar-refractivity contribution in [3.8, 4) is 16.9 Å². The van der Waals surface area contributed by atoms with Crippen molar-refractivity contribution in [3.05, 3.63) is 70.9 Å². The summed E-state index contributed by atoms with van der Waals surface area (Å²) in [5, 5.41) is 23.6. The summed E-state index contributed by atoms with van der Waals surface area (Å²) in [6.07, 6.45) is 3.19. The first-order valence-corrected chi connectivity index (χ1v) is 11.9. The molecule has 1 saturated heterocycles. The highest BCUT2D eigenvalue weighted by Gasteiger charge is 2.40. The van der Waals surface area contributed by atoms with Gasteiger partial charge in [-0.3, -0.25) is 9.59 Å². The van der Waals surface area contributed by atoms with Gasteiger partial charge in [0.05, 0.1) is 11.1 Å². The van der Waals surface area contributed by atoms with Gasteiger partial charge in [-0.2, -0.15) is 0 Å². The number of phenolic OH excluding ortho intramolecular Hbond substituents is 1. The Morgan fingerprint density at radius 3 is 2.53 bits per heavy atom. The number of pyridine rings is 1. The molecule has 2 heterocycles. The van der Waals surface area contributed by atoms with Crippen molar-refractivity contribution < 1.29 is 28.9 Å². The predicted octanol–water partition coefficient (Wildman–Crippen LogP) is 5.06. The van der Waals surface area contributed by atoms with Gasteiger partial charge in [0.2, 0.25) is 0 Å². The normalized spacial score (nSPS) is 20.0. The quantitative estimate of drug-likeness (QED) is 0.462. The summed E-state index contributed by atoms with van der Waals surface area (Å²) in [6, 6.07) is 9.72.